The molecule has 4 saturated heterocycles. The Kier molecular flexibility index (Phi) is 35.5. The Labute approximate surface area is 662 Å². The van der Waals surface area contributed by atoms with Crippen LogP contribution in [0.4, 0.5) is 0 Å². The number of carboxylic acid groups (broad SMARTS) is 4. The molecule has 2 radical (unpaired) electrons. The Morgan fingerprint density at radius 2 is 0.387 bits per heavy atom. The van der Waals surface area contributed by atoms with Gasteiger partial charge in [-0.1, -0.05) is 215 Å². The van der Waals surface area contributed by atoms with Gasteiger partial charge in [-0.25, -0.2) is 33.7 Å². The summed E-state index contributed by atoms with van der Waals surface area (Å²) < 4.78 is 113. The van der Waals surface area contributed by atoms with Gasteiger partial charge in [0.15, 0.2) is 0 Å². The van der Waals surface area contributed by atoms with Crippen molar-refractivity contribution in [3.63, 3.8) is 0 Å². The van der Waals surface area contributed by atoms with E-state index in [2.05, 4.69) is 55.4 Å². The molecular weight excluding hydrogens is 1610 g/mol. The molecule has 0 aliphatic carbocycles. The fraction of sp³-hybridized carbons (Fsp3) is 0.650. The summed E-state index contributed by atoms with van der Waals surface area (Å²) in [5.41, 5.74) is 10.8. The third-order valence-corrected chi connectivity index (χ3v) is 28.7. The third-order valence-electron chi connectivity index (χ3n) is 20.5. The number of benzene rings is 4. The van der Waals surface area contributed by atoms with Crippen molar-refractivity contribution in [3.05, 3.63) is 115 Å². The molecule has 4 fully saturated rings. The first-order valence-corrected chi connectivity index (χ1v) is 43.4. The van der Waals surface area contributed by atoms with Crippen molar-refractivity contribution in [2.24, 2.45) is 0 Å². The normalized spacial score (nSPS) is 18.7. The van der Waals surface area contributed by atoms with E-state index in [1.165, 1.54) is 17.2 Å². The van der Waals surface area contributed by atoms with E-state index >= 15 is 0 Å². The van der Waals surface area contributed by atoms with Crippen LogP contribution in [0.2, 0.25) is 0 Å². The molecule has 20 nitrogen and oxygen atoms in total. The Bertz CT molecular complexity index is 3560. The average molecular weight is 1730 g/mol. The average Bonchev–Trinajstić information content (AvgIpc) is 1.24. The molecule has 4 atom stereocenters. The Morgan fingerprint density at radius 3 is 0.481 bits per heavy atom. The molecule has 4 N–H and O–H groups in total. The largest absolute Gasteiger partial charge is 0.480 e. The zero-order chi connectivity index (χ0) is 79.2. The van der Waals surface area contributed by atoms with E-state index < -0.39 is 88.1 Å². The van der Waals surface area contributed by atoms with Crippen molar-refractivity contribution in [2.45, 2.75) is 332 Å². The molecule has 4 aromatic carbocycles. The quantitative estimate of drug-likeness (QED) is 0.0474. The third kappa shape index (κ3) is 21.6. The fourth-order valence-electron chi connectivity index (χ4n) is 14.3. The van der Waals surface area contributed by atoms with Gasteiger partial charge in [0, 0.05) is 65.1 Å². The minimum Gasteiger partial charge on any atom is -0.480 e. The van der Waals surface area contributed by atoms with E-state index in [4.69, 9.17) is 0 Å². The summed E-state index contributed by atoms with van der Waals surface area (Å²) >= 11 is 0. The summed E-state index contributed by atoms with van der Waals surface area (Å²) in [6.45, 7) is 49.6. The zero-order valence-electron chi connectivity index (χ0n) is 67.1. The van der Waals surface area contributed by atoms with Gasteiger partial charge in [-0.2, -0.15) is 17.2 Å². The van der Waals surface area contributed by atoms with E-state index in [0.29, 0.717) is 94.6 Å². The van der Waals surface area contributed by atoms with Gasteiger partial charge in [-0.3, -0.25) is 19.2 Å². The van der Waals surface area contributed by atoms with Crippen molar-refractivity contribution >= 4 is 64.0 Å². The number of hydrogen-bond donors (Lipinski definition) is 4. The summed E-state index contributed by atoms with van der Waals surface area (Å²) in [5, 5.41) is 37.8. The number of carboxylic acids is 4. The first kappa shape index (κ1) is 95.8. The number of hydrogen-bond acceptors (Lipinski definition) is 12. The number of sulfonamides is 4. The first-order valence-electron chi connectivity index (χ1n) is 37.6. The molecule has 8 rings (SSSR count). The molecule has 4 aliphatic heterocycles. The van der Waals surface area contributed by atoms with Crippen molar-refractivity contribution in [1.82, 2.24) is 17.2 Å². The number of carbonyl (C=O) groups is 4. The maximum absolute atomic E-state index is 13.5. The van der Waals surface area contributed by atoms with Crippen LogP contribution in [0.1, 0.15) is 355 Å². The van der Waals surface area contributed by atoms with Crippen molar-refractivity contribution in [3.8, 4) is 0 Å². The zero-order valence-corrected chi connectivity index (χ0v) is 73.7. The van der Waals surface area contributed by atoms with Crippen LogP contribution in [-0.2, 0) is 98.2 Å². The van der Waals surface area contributed by atoms with E-state index in [1.807, 2.05) is 159 Å². The molecular formula is C80H124N4O16Rh2S4. The molecule has 0 saturated carbocycles. The molecule has 0 spiro atoms. The Hall–Kier alpha value is -4.35. The Balaban J connectivity index is 0.000000364. The molecule has 4 unspecified atom stereocenters. The van der Waals surface area contributed by atoms with Crippen LogP contribution in [0.3, 0.4) is 0 Å². The van der Waals surface area contributed by atoms with Crippen molar-refractivity contribution in [1.29, 1.82) is 0 Å². The van der Waals surface area contributed by atoms with Gasteiger partial charge in [0.2, 0.25) is 40.1 Å². The van der Waals surface area contributed by atoms with Crippen LogP contribution in [0.5, 0.6) is 0 Å². The summed E-state index contributed by atoms with van der Waals surface area (Å²) in [7, 11) is -15.5. The van der Waals surface area contributed by atoms with Gasteiger partial charge >= 0.3 is 23.9 Å². The molecule has 0 aromatic heterocycles. The molecule has 4 aliphatic rings. The Morgan fingerprint density at radius 1 is 0.264 bits per heavy atom. The van der Waals surface area contributed by atoms with E-state index in [0.717, 1.165) is 66.8 Å². The van der Waals surface area contributed by atoms with Crippen LogP contribution < -0.4 is 0 Å². The molecule has 26 heteroatoms. The monoisotopic (exact) mass is 1730 g/mol. The summed E-state index contributed by atoms with van der Waals surface area (Å²) in [4.78, 5) is 47.5. The van der Waals surface area contributed by atoms with Gasteiger partial charge in [-0.15, -0.1) is 0 Å². The van der Waals surface area contributed by atoms with Crippen LogP contribution >= 0.6 is 0 Å². The van der Waals surface area contributed by atoms with Gasteiger partial charge in [0.05, 0.1) is 19.6 Å². The summed E-state index contributed by atoms with van der Waals surface area (Å²) in [5.74, 6) is -2.87. The number of aliphatic carboxylic acids is 4. The smallest absolute Gasteiger partial charge is 0.322 e. The molecule has 0 bridgehead atoms. The SMILES string of the molecule is CC(C)c1cc(C(C)C)c(S(=O)(=O)N2CCCC2C(=O)O)c(C(C)C)c1.CC(C)c1cc(C(C)C)c(S(=O)(=O)N2CCCC2C(=O)O)c(C(C)C)c1.CC(C)c1cc(C(C)C)c(S(=O)(=O)N2CCCC2C(=O)O)c(C(C)C)c1.CC(C)c1cc(C(C)C)c(S(=O)(=O)N2CCCC2C(=O)O)c(C(C)C)c1.[Rh].[Rh]. The molecule has 602 valence electrons. The molecule has 4 heterocycles. The predicted molar refractivity (Wildman–Crippen MR) is 413 cm³/mol. The van der Waals surface area contributed by atoms with Crippen LogP contribution in [-0.4, -0.2) is 146 Å². The van der Waals surface area contributed by atoms with E-state index in [-0.39, 0.29) is 112 Å². The van der Waals surface area contributed by atoms with Gasteiger partial charge in [-0.05, 0) is 189 Å². The van der Waals surface area contributed by atoms with Gasteiger partial charge < -0.3 is 20.4 Å². The second-order valence-corrected chi connectivity index (χ2v) is 39.7. The minimum absolute atomic E-state index is 0. The summed E-state index contributed by atoms with van der Waals surface area (Å²) in [6, 6.07) is 12.0. The van der Waals surface area contributed by atoms with Crippen LogP contribution in [0.15, 0.2) is 68.1 Å². The van der Waals surface area contributed by atoms with E-state index in [9.17, 15) is 73.3 Å². The van der Waals surface area contributed by atoms with Gasteiger partial charge in [0.1, 0.15) is 24.2 Å². The van der Waals surface area contributed by atoms with Crippen molar-refractivity contribution in [2.75, 3.05) is 26.2 Å². The standard InChI is InChI=1S/4C20H31NO4S.2Rh/c4*1-12(2)15-10-16(13(3)4)19(17(11-15)14(5)6)26(24,25)21-9-7-8-18(21)20(22)23;;/h4*10-14,18H,7-9H2,1-6H3,(H,22,23);;. The van der Waals surface area contributed by atoms with E-state index in [1.54, 1.807) is 0 Å². The minimum atomic E-state index is -3.87. The topological polar surface area (TPSA) is 299 Å². The fourth-order valence-corrected chi connectivity index (χ4v) is 23.6. The maximum atomic E-state index is 13.5. The number of nitrogens with zero attached hydrogens (tertiary/aromatic N) is 4. The van der Waals surface area contributed by atoms with Crippen LogP contribution in [0.25, 0.3) is 0 Å². The van der Waals surface area contributed by atoms with Crippen LogP contribution in [0, 0.1) is 0 Å². The maximum Gasteiger partial charge on any atom is 0.322 e. The second-order valence-electron chi connectivity index (χ2n) is 32.4. The molecule has 4 aromatic rings. The summed E-state index contributed by atoms with van der Waals surface area (Å²) in [6.07, 6.45) is 3.78. The number of rotatable bonds is 24. The predicted octanol–water partition coefficient (Wildman–Crippen LogP) is 17.2. The molecule has 0 amide bonds. The molecule has 106 heavy (non-hydrogen) atoms. The second kappa shape index (κ2) is 39.2. The van der Waals surface area contributed by atoms with Gasteiger partial charge in [0.25, 0.3) is 0 Å². The van der Waals surface area contributed by atoms with Crippen molar-refractivity contribution < 1.29 is 112 Å². The first-order chi connectivity index (χ1) is 47.9.